The van der Waals surface area contributed by atoms with Crippen LogP contribution in [0.5, 0.6) is 0 Å². The highest BCUT2D eigenvalue weighted by Gasteiger charge is 2.12. The molecular formula is C11H11Cl2N3S. The summed E-state index contributed by atoms with van der Waals surface area (Å²) in [6.07, 6.45) is 0. The minimum atomic E-state index is 0.198. The van der Waals surface area contributed by atoms with Gasteiger partial charge in [0.05, 0.1) is 16.1 Å². The summed E-state index contributed by atoms with van der Waals surface area (Å²) in [5.74, 6) is 0. The molecule has 17 heavy (non-hydrogen) atoms. The molecule has 0 saturated carbocycles. The molecular weight excluding hydrogens is 277 g/mol. The highest BCUT2D eigenvalue weighted by atomic mass is 35.5. The van der Waals surface area contributed by atoms with Crippen molar-refractivity contribution >= 4 is 34.5 Å². The topological polar surface area (TPSA) is 37.8 Å². The third-order valence-electron chi connectivity index (χ3n) is 2.41. The van der Waals surface area contributed by atoms with Crippen LogP contribution in [-0.2, 0) is 0 Å². The van der Waals surface area contributed by atoms with Crippen molar-refractivity contribution in [1.82, 2.24) is 15.5 Å². The zero-order valence-electron chi connectivity index (χ0n) is 9.37. The smallest absolute Gasteiger partial charge is 0.147 e. The fraction of sp³-hybridized carbons (Fsp3) is 0.273. The van der Waals surface area contributed by atoms with Crippen LogP contribution >= 0.6 is 34.5 Å². The van der Waals surface area contributed by atoms with Gasteiger partial charge in [-0.3, -0.25) is 0 Å². The van der Waals surface area contributed by atoms with Crippen LogP contribution < -0.4 is 5.32 Å². The zero-order chi connectivity index (χ0) is 12.4. The first kappa shape index (κ1) is 12.8. The van der Waals surface area contributed by atoms with Crippen LogP contribution in [0.1, 0.15) is 18.0 Å². The van der Waals surface area contributed by atoms with Crippen LogP contribution in [0, 0.1) is 0 Å². The molecule has 0 amide bonds. The van der Waals surface area contributed by atoms with Gasteiger partial charge >= 0.3 is 0 Å². The summed E-state index contributed by atoms with van der Waals surface area (Å²) in [6.45, 7) is 2.04. The largest absolute Gasteiger partial charge is 0.311 e. The molecule has 2 rings (SSSR count). The SMILES string of the molecule is CNC(C)c1nnc(-c2ccc(Cl)c(Cl)c2)s1. The summed E-state index contributed by atoms with van der Waals surface area (Å²) >= 11 is 13.4. The van der Waals surface area contributed by atoms with Crippen molar-refractivity contribution < 1.29 is 0 Å². The van der Waals surface area contributed by atoms with E-state index in [1.165, 1.54) is 0 Å². The number of rotatable bonds is 3. The maximum absolute atomic E-state index is 5.97. The van der Waals surface area contributed by atoms with Gasteiger partial charge in [0.1, 0.15) is 10.0 Å². The zero-order valence-corrected chi connectivity index (χ0v) is 11.7. The molecule has 0 aliphatic heterocycles. The van der Waals surface area contributed by atoms with Gasteiger partial charge in [0.2, 0.25) is 0 Å². The summed E-state index contributed by atoms with van der Waals surface area (Å²) in [6, 6.07) is 5.66. The monoisotopic (exact) mass is 287 g/mol. The molecule has 1 heterocycles. The Morgan fingerprint density at radius 1 is 1.24 bits per heavy atom. The summed E-state index contributed by atoms with van der Waals surface area (Å²) in [7, 11) is 1.89. The number of nitrogens with one attached hydrogen (secondary N) is 1. The van der Waals surface area contributed by atoms with Gasteiger partial charge in [0.15, 0.2) is 0 Å². The minimum absolute atomic E-state index is 0.198. The van der Waals surface area contributed by atoms with Crippen LogP contribution in [0.15, 0.2) is 18.2 Å². The standard InChI is InChI=1S/C11H11Cl2N3S/c1-6(14-2)10-15-16-11(17-10)7-3-4-8(12)9(13)5-7/h3-6,14H,1-2H3. The average molecular weight is 288 g/mol. The number of hydrogen-bond acceptors (Lipinski definition) is 4. The molecule has 0 spiro atoms. The van der Waals surface area contributed by atoms with Crippen LogP contribution in [0.4, 0.5) is 0 Å². The molecule has 0 bridgehead atoms. The summed E-state index contributed by atoms with van der Waals surface area (Å²) in [4.78, 5) is 0. The number of nitrogens with zero attached hydrogens (tertiary/aromatic N) is 2. The van der Waals surface area contributed by atoms with Gasteiger partial charge in [-0.25, -0.2) is 0 Å². The van der Waals surface area contributed by atoms with Gasteiger partial charge in [-0.05, 0) is 26.1 Å². The van der Waals surface area contributed by atoms with E-state index < -0.39 is 0 Å². The Morgan fingerprint density at radius 3 is 2.65 bits per heavy atom. The van der Waals surface area contributed by atoms with Gasteiger partial charge in [-0.2, -0.15) is 0 Å². The van der Waals surface area contributed by atoms with Crippen molar-refractivity contribution in [2.24, 2.45) is 0 Å². The van der Waals surface area contributed by atoms with Crippen LogP contribution in [-0.4, -0.2) is 17.2 Å². The molecule has 1 aromatic carbocycles. The Balaban J connectivity index is 2.33. The lowest BCUT2D eigenvalue weighted by Gasteiger charge is -2.03. The van der Waals surface area contributed by atoms with Gasteiger partial charge < -0.3 is 5.32 Å². The maximum Gasteiger partial charge on any atom is 0.147 e. The van der Waals surface area contributed by atoms with E-state index >= 15 is 0 Å². The van der Waals surface area contributed by atoms with Crippen molar-refractivity contribution in [2.75, 3.05) is 7.05 Å². The lowest BCUT2D eigenvalue weighted by molar-refractivity contribution is 0.640. The Bertz CT molecular complexity index is 527. The van der Waals surface area contributed by atoms with Crippen LogP contribution in [0.2, 0.25) is 10.0 Å². The van der Waals surface area contributed by atoms with Gasteiger partial charge in [0, 0.05) is 5.56 Å². The quantitative estimate of drug-likeness (QED) is 0.933. The third-order valence-corrected chi connectivity index (χ3v) is 4.30. The van der Waals surface area contributed by atoms with Crippen molar-refractivity contribution in [3.8, 4) is 10.6 Å². The van der Waals surface area contributed by atoms with E-state index in [0.29, 0.717) is 10.0 Å². The van der Waals surface area contributed by atoms with Gasteiger partial charge in [0.25, 0.3) is 0 Å². The average Bonchev–Trinajstić information content (AvgIpc) is 2.81. The molecule has 0 saturated heterocycles. The van der Waals surface area contributed by atoms with E-state index in [0.717, 1.165) is 15.6 Å². The summed E-state index contributed by atoms with van der Waals surface area (Å²) in [5.41, 5.74) is 0.937. The fourth-order valence-corrected chi connectivity index (χ4v) is 2.48. The van der Waals surface area contributed by atoms with Crippen molar-refractivity contribution in [2.45, 2.75) is 13.0 Å². The Kier molecular flexibility index (Phi) is 3.99. The highest BCUT2D eigenvalue weighted by molar-refractivity contribution is 7.14. The molecule has 90 valence electrons. The molecule has 1 N–H and O–H groups in total. The summed E-state index contributed by atoms with van der Waals surface area (Å²) < 4.78 is 0. The lowest BCUT2D eigenvalue weighted by atomic mass is 10.2. The van der Waals surface area contributed by atoms with Gasteiger partial charge in [-0.15, -0.1) is 10.2 Å². The summed E-state index contributed by atoms with van der Waals surface area (Å²) in [5, 5.41) is 14.3. The van der Waals surface area contributed by atoms with E-state index in [9.17, 15) is 0 Å². The maximum atomic E-state index is 5.97. The minimum Gasteiger partial charge on any atom is -0.311 e. The third kappa shape index (κ3) is 2.77. The highest BCUT2D eigenvalue weighted by Crippen LogP contribution is 2.31. The van der Waals surface area contributed by atoms with E-state index in [-0.39, 0.29) is 6.04 Å². The van der Waals surface area contributed by atoms with Gasteiger partial charge in [-0.1, -0.05) is 40.6 Å². The van der Waals surface area contributed by atoms with Crippen LogP contribution in [0.3, 0.4) is 0 Å². The second-order valence-corrected chi connectivity index (χ2v) is 5.41. The molecule has 1 atom stereocenters. The first-order valence-corrected chi connectivity index (χ1v) is 6.65. The van der Waals surface area contributed by atoms with Crippen molar-refractivity contribution in [3.63, 3.8) is 0 Å². The van der Waals surface area contributed by atoms with Crippen molar-refractivity contribution in [3.05, 3.63) is 33.3 Å². The molecule has 2 aromatic rings. The predicted octanol–water partition coefficient (Wildman–Crippen LogP) is 3.79. The predicted molar refractivity (Wildman–Crippen MR) is 72.8 cm³/mol. The number of benzene rings is 1. The molecule has 1 unspecified atom stereocenters. The molecule has 3 nitrogen and oxygen atoms in total. The van der Waals surface area contributed by atoms with E-state index in [4.69, 9.17) is 23.2 Å². The molecule has 6 heteroatoms. The Labute approximate surface area is 114 Å². The fourth-order valence-electron chi connectivity index (χ4n) is 1.28. The Hall–Kier alpha value is -0.680. The lowest BCUT2D eigenvalue weighted by Crippen LogP contribution is -2.11. The first-order chi connectivity index (χ1) is 8.11. The molecule has 1 aromatic heterocycles. The molecule has 0 radical (unpaired) electrons. The molecule has 0 aliphatic carbocycles. The van der Waals surface area contributed by atoms with Crippen molar-refractivity contribution in [1.29, 1.82) is 0 Å². The first-order valence-electron chi connectivity index (χ1n) is 5.08. The van der Waals surface area contributed by atoms with E-state index in [1.807, 2.05) is 20.0 Å². The van der Waals surface area contributed by atoms with E-state index in [1.54, 1.807) is 23.5 Å². The Morgan fingerprint density at radius 2 is 2.00 bits per heavy atom. The number of hydrogen-bond donors (Lipinski definition) is 1. The molecule has 0 aliphatic rings. The van der Waals surface area contributed by atoms with Crippen LogP contribution in [0.25, 0.3) is 10.6 Å². The normalized spacial score (nSPS) is 12.7. The number of aromatic nitrogens is 2. The molecule has 0 fully saturated rings. The second kappa shape index (κ2) is 5.31. The van der Waals surface area contributed by atoms with E-state index in [2.05, 4.69) is 15.5 Å². The second-order valence-electron chi connectivity index (χ2n) is 3.58. The number of halogens is 2.